The average molecular weight is 252 g/mol. The Hall–Kier alpha value is -1.00. The van der Waals surface area contributed by atoms with Gasteiger partial charge in [-0.2, -0.15) is 11.8 Å². The number of carbonyl (C=O) groups is 1. The molecule has 0 aliphatic carbocycles. The lowest BCUT2D eigenvalue weighted by Gasteiger charge is -2.31. The van der Waals surface area contributed by atoms with Gasteiger partial charge in [0.15, 0.2) is 0 Å². The predicted octanol–water partition coefficient (Wildman–Crippen LogP) is 1.73. The SMILES string of the molecule is CCCNC(CSC)(C(N)=O)c1ccccc1. The highest BCUT2D eigenvalue weighted by Gasteiger charge is 2.37. The summed E-state index contributed by atoms with van der Waals surface area (Å²) in [4.78, 5) is 11.9. The van der Waals surface area contributed by atoms with E-state index < -0.39 is 5.54 Å². The van der Waals surface area contributed by atoms with E-state index in [0.717, 1.165) is 18.5 Å². The highest BCUT2D eigenvalue weighted by molar-refractivity contribution is 7.98. The van der Waals surface area contributed by atoms with E-state index in [9.17, 15) is 4.79 Å². The molecule has 0 aliphatic rings. The van der Waals surface area contributed by atoms with Crippen LogP contribution in [0.15, 0.2) is 30.3 Å². The Kier molecular flexibility index (Phi) is 5.51. The zero-order valence-corrected chi connectivity index (χ0v) is 11.2. The Morgan fingerprint density at radius 2 is 2.06 bits per heavy atom. The summed E-state index contributed by atoms with van der Waals surface area (Å²) in [6, 6.07) is 9.70. The van der Waals surface area contributed by atoms with Gasteiger partial charge in [-0.3, -0.25) is 10.1 Å². The number of hydrogen-bond donors (Lipinski definition) is 2. The van der Waals surface area contributed by atoms with Crippen molar-refractivity contribution in [2.45, 2.75) is 18.9 Å². The maximum atomic E-state index is 11.9. The van der Waals surface area contributed by atoms with Gasteiger partial charge < -0.3 is 5.73 Å². The van der Waals surface area contributed by atoms with Crippen LogP contribution in [0.25, 0.3) is 0 Å². The highest BCUT2D eigenvalue weighted by Crippen LogP contribution is 2.24. The van der Waals surface area contributed by atoms with Crippen LogP contribution >= 0.6 is 11.8 Å². The summed E-state index contributed by atoms with van der Waals surface area (Å²) in [6.45, 7) is 2.85. The smallest absolute Gasteiger partial charge is 0.243 e. The molecule has 0 heterocycles. The monoisotopic (exact) mass is 252 g/mol. The van der Waals surface area contributed by atoms with Gasteiger partial charge >= 0.3 is 0 Å². The number of amides is 1. The molecular formula is C13H20N2OS. The lowest BCUT2D eigenvalue weighted by Crippen LogP contribution is -2.54. The summed E-state index contributed by atoms with van der Waals surface area (Å²) in [5, 5.41) is 3.30. The number of thioether (sulfide) groups is 1. The molecular weight excluding hydrogens is 232 g/mol. The van der Waals surface area contributed by atoms with Crippen LogP contribution in [0.2, 0.25) is 0 Å². The third kappa shape index (κ3) is 3.23. The van der Waals surface area contributed by atoms with Gasteiger partial charge in [-0.05, 0) is 24.8 Å². The molecule has 0 radical (unpaired) electrons. The topological polar surface area (TPSA) is 55.1 Å². The molecule has 94 valence electrons. The predicted molar refractivity (Wildman–Crippen MR) is 74.0 cm³/mol. The molecule has 0 aliphatic heterocycles. The summed E-state index contributed by atoms with van der Waals surface area (Å²) < 4.78 is 0. The van der Waals surface area contributed by atoms with Crippen LogP contribution < -0.4 is 11.1 Å². The first-order valence-corrected chi connectivity index (χ1v) is 7.16. The van der Waals surface area contributed by atoms with Gasteiger partial charge in [0.1, 0.15) is 5.54 Å². The molecule has 0 saturated heterocycles. The molecule has 0 aromatic heterocycles. The Morgan fingerprint density at radius 3 is 2.53 bits per heavy atom. The van der Waals surface area contributed by atoms with Crippen molar-refractivity contribution in [2.75, 3.05) is 18.6 Å². The van der Waals surface area contributed by atoms with Crippen LogP contribution in [0.4, 0.5) is 0 Å². The second-order valence-corrected chi connectivity index (χ2v) is 4.86. The van der Waals surface area contributed by atoms with E-state index in [0.29, 0.717) is 5.75 Å². The molecule has 1 atom stereocenters. The number of benzene rings is 1. The van der Waals surface area contributed by atoms with E-state index >= 15 is 0 Å². The summed E-state index contributed by atoms with van der Waals surface area (Å²) in [5.41, 5.74) is 5.80. The molecule has 1 aromatic rings. The summed E-state index contributed by atoms with van der Waals surface area (Å²) in [5.74, 6) is 0.332. The van der Waals surface area contributed by atoms with Crippen molar-refractivity contribution in [3.05, 3.63) is 35.9 Å². The van der Waals surface area contributed by atoms with Crippen LogP contribution in [0.3, 0.4) is 0 Å². The lowest BCUT2D eigenvalue weighted by molar-refractivity contribution is -0.123. The fourth-order valence-corrected chi connectivity index (χ4v) is 2.66. The second kappa shape index (κ2) is 6.67. The summed E-state index contributed by atoms with van der Waals surface area (Å²) in [7, 11) is 0. The van der Waals surface area contributed by atoms with Crippen molar-refractivity contribution in [1.29, 1.82) is 0 Å². The van der Waals surface area contributed by atoms with Crippen LogP contribution in [0, 0.1) is 0 Å². The minimum Gasteiger partial charge on any atom is -0.368 e. The molecule has 1 amide bonds. The van der Waals surface area contributed by atoms with E-state index in [4.69, 9.17) is 5.73 Å². The van der Waals surface area contributed by atoms with Gasteiger partial charge in [0.2, 0.25) is 5.91 Å². The average Bonchev–Trinajstić information content (AvgIpc) is 2.35. The van der Waals surface area contributed by atoms with Gasteiger partial charge in [0.25, 0.3) is 0 Å². The van der Waals surface area contributed by atoms with Crippen LogP contribution in [-0.2, 0) is 10.3 Å². The van der Waals surface area contributed by atoms with E-state index in [1.165, 1.54) is 0 Å². The molecule has 17 heavy (non-hydrogen) atoms. The molecule has 1 unspecified atom stereocenters. The Bertz CT molecular complexity index is 356. The molecule has 0 bridgehead atoms. The normalized spacial score (nSPS) is 14.2. The van der Waals surface area contributed by atoms with Crippen molar-refractivity contribution in [1.82, 2.24) is 5.32 Å². The van der Waals surface area contributed by atoms with Gasteiger partial charge in [-0.15, -0.1) is 0 Å². The first-order chi connectivity index (χ1) is 8.17. The number of primary amides is 1. The first kappa shape index (κ1) is 14.1. The third-order valence-electron chi connectivity index (χ3n) is 2.72. The molecule has 1 aromatic carbocycles. The molecule has 0 spiro atoms. The van der Waals surface area contributed by atoms with Crippen LogP contribution in [0.5, 0.6) is 0 Å². The first-order valence-electron chi connectivity index (χ1n) is 5.76. The largest absolute Gasteiger partial charge is 0.368 e. The number of rotatable bonds is 7. The van der Waals surface area contributed by atoms with E-state index in [1.54, 1.807) is 11.8 Å². The lowest BCUT2D eigenvalue weighted by atomic mass is 9.91. The standard InChI is InChI=1S/C13H20N2OS/c1-3-9-15-13(10-17-2,12(14)16)11-7-5-4-6-8-11/h4-8,15H,3,9-10H2,1-2H3,(H2,14,16). The molecule has 0 saturated carbocycles. The van der Waals surface area contributed by atoms with E-state index in [2.05, 4.69) is 12.2 Å². The Balaban J connectivity index is 3.10. The number of nitrogens with two attached hydrogens (primary N) is 1. The summed E-state index contributed by atoms with van der Waals surface area (Å²) >= 11 is 1.62. The van der Waals surface area contributed by atoms with Gasteiger partial charge in [-0.1, -0.05) is 37.3 Å². The van der Waals surface area contributed by atoms with Crippen LogP contribution in [0.1, 0.15) is 18.9 Å². The second-order valence-electron chi connectivity index (χ2n) is 4.00. The Morgan fingerprint density at radius 1 is 1.41 bits per heavy atom. The minimum atomic E-state index is -0.753. The fraction of sp³-hybridized carbons (Fsp3) is 0.462. The minimum absolute atomic E-state index is 0.313. The molecule has 1 rings (SSSR count). The zero-order chi connectivity index (χ0) is 12.7. The van der Waals surface area contributed by atoms with E-state index in [-0.39, 0.29) is 5.91 Å². The van der Waals surface area contributed by atoms with Crippen molar-refractivity contribution in [2.24, 2.45) is 5.73 Å². The van der Waals surface area contributed by atoms with E-state index in [1.807, 2.05) is 36.6 Å². The van der Waals surface area contributed by atoms with Gasteiger partial charge in [0.05, 0.1) is 0 Å². The molecule has 3 N–H and O–H groups in total. The fourth-order valence-electron chi connectivity index (χ4n) is 1.81. The highest BCUT2D eigenvalue weighted by atomic mass is 32.2. The van der Waals surface area contributed by atoms with Crippen molar-refractivity contribution in [3.8, 4) is 0 Å². The van der Waals surface area contributed by atoms with Crippen molar-refractivity contribution in [3.63, 3.8) is 0 Å². The third-order valence-corrected chi connectivity index (χ3v) is 3.45. The maximum absolute atomic E-state index is 11.9. The molecule has 3 nitrogen and oxygen atoms in total. The summed E-state index contributed by atoms with van der Waals surface area (Å²) in [6.07, 6.45) is 2.95. The van der Waals surface area contributed by atoms with Gasteiger partial charge in [-0.25, -0.2) is 0 Å². The zero-order valence-electron chi connectivity index (χ0n) is 10.4. The van der Waals surface area contributed by atoms with Crippen LogP contribution in [-0.4, -0.2) is 24.5 Å². The number of hydrogen-bond acceptors (Lipinski definition) is 3. The molecule has 0 fully saturated rings. The number of carbonyl (C=O) groups excluding carboxylic acids is 1. The van der Waals surface area contributed by atoms with Crippen molar-refractivity contribution < 1.29 is 4.79 Å². The Labute approximate surface area is 107 Å². The quantitative estimate of drug-likeness (QED) is 0.777. The maximum Gasteiger partial charge on any atom is 0.243 e. The number of nitrogens with one attached hydrogen (secondary N) is 1. The molecule has 4 heteroatoms. The van der Waals surface area contributed by atoms with Gasteiger partial charge in [0, 0.05) is 5.75 Å². The van der Waals surface area contributed by atoms with Crippen molar-refractivity contribution >= 4 is 17.7 Å².